The smallest absolute Gasteiger partial charge is 0.251 e. The Labute approximate surface area is 164 Å². The average Bonchev–Trinajstić information content (AvgIpc) is 3.26. The molecule has 0 radical (unpaired) electrons. The number of aromatic nitrogens is 2. The van der Waals surface area contributed by atoms with E-state index in [1.165, 1.54) is 24.9 Å². The zero-order valence-electron chi connectivity index (χ0n) is 16.0. The van der Waals surface area contributed by atoms with E-state index in [0.29, 0.717) is 17.3 Å². The molecule has 28 heavy (non-hydrogen) atoms. The highest BCUT2D eigenvalue weighted by atomic mass is 16.5. The normalized spacial score (nSPS) is 15.2. The Balaban J connectivity index is 1.42. The highest BCUT2D eigenvalue weighted by Crippen LogP contribution is 2.24. The van der Waals surface area contributed by atoms with Crippen molar-refractivity contribution in [2.75, 3.05) is 18.0 Å². The predicted octanol–water partition coefficient (Wildman–Crippen LogP) is 4.22. The van der Waals surface area contributed by atoms with Crippen molar-refractivity contribution in [1.29, 1.82) is 0 Å². The third-order valence-electron chi connectivity index (χ3n) is 5.04. The summed E-state index contributed by atoms with van der Waals surface area (Å²) in [4.78, 5) is 19.2. The van der Waals surface area contributed by atoms with Gasteiger partial charge >= 0.3 is 0 Å². The molecule has 6 nitrogen and oxygen atoms in total. The maximum Gasteiger partial charge on any atom is 0.251 e. The number of carbonyl (C=O) groups is 1. The lowest BCUT2D eigenvalue weighted by molar-refractivity contribution is 0.0932. The number of nitrogens with one attached hydrogen (secondary N) is 1. The van der Waals surface area contributed by atoms with Crippen molar-refractivity contribution in [3.8, 4) is 11.4 Å². The number of anilines is 1. The summed E-state index contributed by atoms with van der Waals surface area (Å²) in [7, 11) is 0. The van der Waals surface area contributed by atoms with Crippen molar-refractivity contribution in [3.63, 3.8) is 0 Å². The molecule has 0 bridgehead atoms. The molecule has 0 saturated carbocycles. The number of hydrogen-bond donors (Lipinski definition) is 1. The topological polar surface area (TPSA) is 71.3 Å². The van der Waals surface area contributed by atoms with Gasteiger partial charge in [-0.05, 0) is 62.6 Å². The van der Waals surface area contributed by atoms with Gasteiger partial charge in [-0.3, -0.25) is 4.79 Å². The molecule has 1 aromatic heterocycles. The van der Waals surface area contributed by atoms with Gasteiger partial charge in [-0.2, -0.15) is 4.98 Å². The molecule has 1 N–H and O–H groups in total. The van der Waals surface area contributed by atoms with E-state index in [-0.39, 0.29) is 11.9 Å². The van der Waals surface area contributed by atoms with Gasteiger partial charge in [0.15, 0.2) is 0 Å². The Morgan fingerprint density at radius 2 is 1.75 bits per heavy atom. The third kappa shape index (κ3) is 4.06. The fraction of sp³-hybridized carbons (Fsp3) is 0.318. The van der Waals surface area contributed by atoms with Crippen LogP contribution in [0.1, 0.15) is 48.5 Å². The van der Waals surface area contributed by atoms with E-state index in [0.717, 1.165) is 18.7 Å². The first-order valence-electron chi connectivity index (χ1n) is 9.75. The van der Waals surface area contributed by atoms with Crippen LogP contribution in [-0.2, 0) is 0 Å². The molecule has 1 aliphatic rings. The van der Waals surface area contributed by atoms with Crippen LogP contribution in [0, 0.1) is 0 Å². The standard InChI is InChI=1S/C22H24N4O2/c1-16(23-21(27)18-8-4-2-5-9-18)22-24-20(25-28-22)17-10-12-19(13-11-17)26-14-6-3-7-15-26/h2,4-5,8-13,16H,3,6-7,14-15H2,1H3,(H,23,27)/t16-/m1/s1. The molecule has 6 heteroatoms. The highest BCUT2D eigenvalue weighted by molar-refractivity contribution is 5.94. The predicted molar refractivity (Wildman–Crippen MR) is 108 cm³/mol. The molecule has 3 aromatic rings. The van der Waals surface area contributed by atoms with Gasteiger partial charge in [-0.1, -0.05) is 23.4 Å². The quantitative estimate of drug-likeness (QED) is 0.722. The molecule has 144 valence electrons. The SMILES string of the molecule is C[C@@H](NC(=O)c1ccccc1)c1nc(-c2ccc(N3CCCCC3)cc2)no1. The summed E-state index contributed by atoms with van der Waals surface area (Å²) in [5, 5.41) is 6.97. The number of hydrogen-bond acceptors (Lipinski definition) is 5. The van der Waals surface area contributed by atoms with Crippen LogP contribution in [0.2, 0.25) is 0 Å². The maximum atomic E-state index is 12.3. The van der Waals surface area contributed by atoms with Crippen LogP contribution in [0.15, 0.2) is 59.1 Å². The third-order valence-corrected chi connectivity index (χ3v) is 5.04. The Morgan fingerprint density at radius 3 is 2.46 bits per heavy atom. The monoisotopic (exact) mass is 376 g/mol. The molecule has 2 heterocycles. The number of rotatable bonds is 5. The summed E-state index contributed by atoms with van der Waals surface area (Å²) in [6, 6.07) is 17.0. The molecule has 0 aliphatic carbocycles. The summed E-state index contributed by atoms with van der Waals surface area (Å²) < 4.78 is 5.38. The second-order valence-corrected chi connectivity index (χ2v) is 7.11. The number of amides is 1. The Bertz CT molecular complexity index is 915. The van der Waals surface area contributed by atoms with E-state index < -0.39 is 0 Å². The van der Waals surface area contributed by atoms with E-state index in [2.05, 4.69) is 32.5 Å². The molecular weight excluding hydrogens is 352 g/mol. The first kappa shape index (κ1) is 18.2. The summed E-state index contributed by atoms with van der Waals surface area (Å²) in [6.07, 6.45) is 3.82. The summed E-state index contributed by atoms with van der Waals surface area (Å²) in [5.41, 5.74) is 2.73. The summed E-state index contributed by atoms with van der Waals surface area (Å²) >= 11 is 0. The van der Waals surface area contributed by atoms with Gasteiger partial charge in [0.2, 0.25) is 11.7 Å². The minimum atomic E-state index is -0.374. The molecule has 1 amide bonds. The summed E-state index contributed by atoms with van der Waals surface area (Å²) in [6.45, 7) is 4.06. The Kier molecular flexibility index (Phi) is 5.37. The first-order chi connectivity index (χ1) is 13.7. The molecule has 1 aliphatic heterocycles. The molecular formula is C22H24N4O2. The van der Waals surface area contributed by atoms with Crippen LogP contribution in [0.5, 0.6) is 0 Å². The Hall–Kier alpha value is -3.15. The lowest BCUT2D eigenvalue weighted by Crippen LogP contribution is -2.29. The molecule has 1 saturated heterocycles. The zero-order chi connectivity index (χ0) is 19.3. The number of nitrogens with zero attached hydrogens (tertiary/aromatic N) is 3. The van der Waals surface area contributed by atoms with Gasteiger partial charge in [0.05, 0.1) is 0 Å². The van der Waals surface area contributed by atoms with E-state index in [4.69, 9.17) is 4.52 Å². The highest BCUT2D eigenvalue weighted by Gasteiger charge is 2.18. The van der Waals surface area contributed by atoms with Crippen molar-refractivity contribution < 1.29 is 9.32 Å². The molecule has 1 atom stereocenters. The number of piperidine rings is 1. The van der Waals surface area contributed by atoms with Crippen molar-refractivity contribution in [3.05, 3.63) is 66.1 Å². The minimum Gasteiger partial charge on any atom is -0.372 e. The van der Waals surface area contributed by atoms with Gasteiger partial charge in [0, 0.05) is 29.9 Å². The second-order valence-electron chi connectivity index (χ2n) is 7.11. The van der Waals surface area contributed by atoms with Crippen LogP contribution < -0.4 is 10.2 Å². The largest absolute Gasteiger partial charge is 0.372 e. The van der Waals surface area contributed by atoms with Crippen LogP contribution in [-0.4, -0.2) is 29.1 Å². The number of carbonyl (C=O) groups excluding carboxylic acids is 1. The van der Waals surface area contributed by atoms with Crippen LogP contribution in [0.3, 0.4) is 0 Å². The lowest BCUT2D eigenvalue weighted by Gasteiger charge is -2.28. The maximum absolute atomic E-state index is 12.3. The summed E-state index contributed by atoms with van der Waals surface area (Å²) in [5.74, 6) is 0.749. The molecule has 0 spiro atoms. The van der Waals surface area contributed by atoms with Crippen molar-refractivity contribution in [2.24, 2.45) is 0 Å². The van der Waals surface area contributed by atoms with E-state index in [1.807, 2.05) is 37.3 Å². The van der Waals surface area contributed by atoms with Crippen LogP contribution in [0.4, 0.5) is 5.69 Å². The fourth-order valence-electron chi connectivity index (χ4n) is 3.43. The molecule has 1 fully saturated rings. The molecule has 2 aromatic carbocycles. The van der Waals surface area contributed by atoms with Gasteiger partial charge in [0.25, 0.3) is 5.91 Å². The van der Waals surface area contributed by atoms with Crippen LogP contribution in [0.25, 0.3) is 11.4 Å². The fourth-order valence-corrected chi connectivity index (χ4v) is 3.43. The van der Waals surface area contributed by atoms with Gasteiger partial charge < -0.3 is 14.7 Å². The van der Waals surface area contributed by atoms with Crippen molar-refractivity contribution in [2.45, 2.75) is 32.2 Å². The van der Waals surface area contributed by atoms with Gasteiger partial charge in [-0.15, -0.1) is 0 Å². The minimum absolute atomic E-state index is 0.168. The number of benzene rings is 2. The average molecular weight is 376 g/mol. The zero-order valence-corrected chi connectivity index (χ0v) is 16.0. The second kappa shape index (κ2) is 8.25. The van der Waals surface area contributed by atoms with Crippen molar-refractivity contribution >= 4 is 11.6 Å². The van der Waals surface area contributed by atoms with E-state index >= 15 is 0 Å². The lowest BCUT2D eigenvalue weighted by atomic mass is 10.1. The van der Waals surface area contributed by atoms with Crippen molar-refractivity contribution in [1.82, 2.24) is 15.5 Å². The van der Waals surface area contributed by atoms with Gasteiger partial charge in [0.1, 0.15) is 6.04 Å². The molecule has 0 unspecified atom stereocenters. The van der Waals surface area contributed by atoms with Gasteiger partial charge in [-0.25, -0.2) is 0 Å². The first-order valence-corrected chi connectivity index (χ1v) is 9.75. The Morgan fingerprint density at radius 1 is 1.04 bits per heavy atom. The van der Waals surface area contributed by atoms with Crippen LogP contribution >= 0.6 is 0 Å². The molecule has 4 rings (SSSR count). The van der Waals surface area contributed by atoms with E-state index in [9.17, 15) is 4.79 Å². The van der Waals surface area contributed by atoms with E-state index in [1.54, 1.807) is 12.1 Å².